The van der Waals surface area contributed by atoms with E-state index >= 15 is 0 Å². The van der Waals surface area contributed by atoms with Gasteiger partial charge in [0.1, 0.15) is 11.9 Å². The summed E-state index contributed by atoms with van der Waals surface area (Å²) in [4.78, 5) is 0. The summed E-state index contributed by atoms with van der Waals surface area (Å²) in [7, 11) is 0. The number of hydrogen-bond acceptors (Lipinski definition) is 3. The Kier molecular flexibility index (Phi) is 3.13. The second kappa shape index (κ2) is 4.94. The number of halogens is 1. The predicted octanol–water partition coefficient (Wildman–Crippen LogP) is 4.04. The third-order valence-corrected chi connectivity index (χ3v) is 3.46. The summed E-state index contributed by atoms with van der Waals surface area (Å²) in [5.74, 6) is 0.738. The largest absolute Gasteiger partial charge is 0.485 e. The van der Waals surface area contributed by atoms with Gasteiger partial charge in [0.05, 0.1) is 5.71 Å². The molecule has 0 aliphatic carbocycles. The average Bonchev–Trinajstić information content (AvgIpc) is 2.47. The first-order valence-electron chi connectivity index (χ1n) is 6.00. The van der Waals surface area contributed by atoms with Crippen molar-refractivity contribution >= 4 is 17.3 Å². The summed E-state index contributed by atoms with van der Waals surface area (Å²) in [5.41, 5.74) is 2.50. The van der Waals surface area contributed by atoms with Gasteiger partial charge < -0.3 is 9.94 Å². The molecule has 1 aliphatic heterocycles. The van der Waals surface area contributed by atoms with E-state index in [4.69, 9.17) is 21.5 Å². The van der Waals surface area contributed by atoms with Crippen LogP contribution in [0.1, 0.15) is 23.7 Å². The summed E-state index contributed by atoms with van der Waals surface area (Å²) in [5, 5.41) is 13.2. The molecule has 0 unspecified atom stereocenters. The Morgan fingerprint density at radius 1 is 1.11 bits per heavy atom. The van der Waals surface area contributed by atoms with Gasteiger partial charge in [-0.3, -0.25) is 0 Å². The molecule has 3 rings (SSSR count). The maximum atomic E-state index is 9.16. The normalized spacial score (nSPS) is 19.8. The molecule has 1 heterocycles. The van der Waals surface area contributed by atoms with E-state index in [1.54, 1.807) is 0 Å². The zero-order valence-corrected chi connectivity index (χ0v) is 10.8. The number of para-hydroxylation sites is 1. The molecule has 0 fully saturated rings. The van der Waals surface area contributed by atoms with Gasteiger partial charge in [-0.1, -0.05) is 41.0 Å². The van der Waals surface area contributed by atoms with Crippen LogP contribution in [0.25, 0.3) is 0 Å². The van der Waals surface area contributed by atoms with Crippen LogP contribution in [0.2, 0.25) is 5.02 Å². The van der Waals surface area contributed by atoms with Crippen LogP contribution in [0.15, 0.2) is 53.7 Å². The van der Waals surface area contributed by atoms with Crippen molar-refractivity contribution < 1.29 is 9.94 Å². The molecule has 1 aliphatic rings. The van der Waals surface area contributed by atoms with E-state index in [1.165, 1.54) is 0 Å². The van der Waals surface area contributed by atoms with Gasteiger partial charge in [0, 0.05) is 17.0 Å². The van der Waals surface area contributed by atoms with Crippen LogP contribution >= 0.6 is 11.6 Å². The molecule has 4 heteroatoms. The average molecular weight is 274 g/mol. The number of ether oxygens (including phenoxy) is 1. The van der Waals surface area contributed by atoms with E-state index in [2.05, 4.69) is 5.16 Å². The molecular formula is C15H12ClNO2. The lowest BCUT2D eigenvalue weighted by molar-refractivity contribution is 0.203. The lowest BCUT2D eigenvalue weighted by Crippen LogP contribution is -2.20. The summed E-state index contributed by atoms with van der Waals surface area (Å²) in [6, 6.07) is 15.1. The second-order valence-electron chi connectivity index (χ2n) is 4.41. The van der Waals surface area contributed by atoms with Crippen molar-refractivity contribution in [1.82, 2.24) is 0 Å². The van der Waals surface area contributed by atoms with Crippen LogP contribution in [0.3, 0.4) is 0 Å². The number of rotatable bonds is 1. The van der Waals surface area contributed by atoms with Crippen LogP contribution < -0.4 is 4.74 Å². The third-order valence-electron chi connectivity index (χ3n) is 3.21. The lowest BCUT2D eigenvalue weighted by Gasteiger charge is -2.26. The first-order valence-corrected chi connectivity index (χ1v) is 6.38. The van der Waals surface area contributed by atoms with Gasteiger partial charge in [-0.05, 0) is 29.8 Å². The Labute approximate surface area is 116 Å². The molecule has 0 amide bonds. The Bertz CT molecular complexity index is 622. The second-order valence-corrected chi connectivity index (χ2v) is 4.84. The highest BCUT2D eigenvalue weighted by Crippen LogP contribution is 2.35. The highest BCUT2D eigenvalue weighted by molar-refractivity contribution is 6.30. The Morgan fingerprint density at radius 3 is 2.58 bits per heavy atom. The van der Waals surface area contributed by atoms with Crippen molar-refractivity contribution in [3.63, 3.8) is 0 Å². The molecule has 0 saturated carbocycles. The first-order chi connectivity index (χ1) is 9.28. The molecule has 0 saturated heterocycles. The maximum absolute atomic E-state index is 9.16. The third kappa shape index (κ3) is 2.29. The molecule has 1 atom stereocenters. The zero-order chi connectivity index (χ0) is 13.2. The van der Waals surface area contributed by atoms with Crippen molar-refractivity contribution in [3.05, 3.63) is 64.7 Å². The molecule has 96 valence electrons. The van der Waals surface area contributed by atoms with Gasteiger partial charge in [0.2, 0.25) is 0 Å². The summed E-state index contributed by atoms with van der Waals surface area (Å²) in [6.07, 6.45) is 0.382. The van der Waals surface area contributed by atoms with Crippen molar-refractivity contribution in [2.24, 2.45) is 5.16 Å². The van der Waals surface area contributed by atoms with Crippen LogP contribution in [-0.4, -0.2) is 10.9 Å². The van der Waals surface area contributed by atoms with E-state index in [9.17, 15) is 0 Å². The fraction of sp³-hybridized carbons (Fsp3) is 0.133. The van der Waals surface area contributed by atoms with Gasteiger partial charge in [-0.2, -0.15) is 0 Å². The van der Waals surface area contributed by atoms with E-state index in [-0.39, 0.29) is 6.10 Å². The van der Waals surface area contributed by atoms with Crippen molar-refractivity contribution in [1.29, 1.82) is 0 Å². The van der Waals surface area contributed by atoms with Gasteiger partial charge in [-0.25, -0.2) is 0 Å². The Morgan fingerprint density at radius 2 is 1.84 bits per heavy atom. The van der Waals surface area contributed by atoms with Gasteiger partial charge >= 0.3 is 0 Å². The SMILES string of the molecule is O/N=C1/C[C@@H](c2ccc(Cl)cc2)Oc2ccccc21. The molecule has 19 heavy (non-hydrogen) atoms. The topological polar surface area (TPSA) is 41.8 Å². The van der Waals surface area contributed by atoms with E-state index in [0.717, 1.165) is 16.9 Å². The van der Waals surface area contributed by atoms with Crippen molar-refractivity contribution in [2.75, 3.05) is 0 Å². The van der Waals surface area contributed by atoms with Crippen LogP contribution in [0.5, 0.6) is 5.75 Å². The predicted molar refractivity (Wildman–Crippen MR) is 74.2 cm³/mol. The van der Waals surface area contributed by atoms with Crippen LogP contribution in [0, 0.1) is 0 Å². The minimum Gasteiger partial charge on any atom is -0.485 e. The summed E-state index contributed by atoms with van der Waals surface area (Å²) < 4.78 is 5.95. The zero-order valence-electron chi connectivity index (χ0n) is 10.1. The molecule has 0 bridgehead atoms. The molecule has 2 aromatic carbocycles. The van der Waals surface area contributed by atoms with Gasteiger partial charge in [0.15, 0.2) is 0 Å². The summed E-state index contributed by atoms with van der Waals surface area (Å²) in [6.45, 7) is 0. The van der Waals surface area contributed by atoms with Gasteiger partial charge in [-0.15, -0.1) is 0 Å². The Balaban J connectivity index is 1.98. The van der Waals surface area contributed by atoms with E-state index in [1.807, 2.05) is 48.5 Å². The summed E-state index contributed by atoms with van der Waals surface area (Å²) >= 11 is 5.88. The smallest absolute Gasteiger partial charge is 0.129 e. The molecule has 3 nitrogen and oxygen atoms in total. The van der Waals surface area contributed by atoms with Crippen LogP contribution in [0.4, 0.5) is 0 Å². The standard InChI is InChI=1S/C15H12ClNO2/c16-11-7-5-10(6-8-11)15-9-13(17-18)12-3-1-2-4-14(12)19-15/h1-8,15,18H,9H2/b17-13-/t15-/m0/s1. The van der Waals surface area contributed by atoms with E-state index < -0.39 is 0 Å². The van der Waals surface area contributed by atoms with Crippen molar-refractivity contribution in [2.45, 2.75) is 12.5 Å². The number of oxime groups is 1. The number of hydrogen-bond donors (Lipinski definition) is 1. The monoisotopic (exact) mass is 273 g/mol. The minimum atomic E-state index is -0.155. The van der Waals surface area contributed by atoms with Crippen LogP contribution in [-0.2, 0) is 0 Å². The molecule has 0 radical (unpaired) electrons. The molecular weight excluding hydrogens is 262 g/mol. The fourth-order valence-electron chi connectivity index (χ4n) is 2.25. The van der Waals surface area contributed by atoms with E-state index in [0.29, 0.717) is 17.2 Å². The fourth-order valence-corrected chi connectivity index (χ4v) is 2.37. The molecule has 0 spiro atoms. The van der Waals surface area contributed by atoms with Gasteiger partial charge in [0.25, 0.3) is 0 Å². The van der Waals surface area contributed by atoms with Crippen molar-refractivity contribution in [3.8, 4) is 5.75 Å². The highest BCUT2D eigenvalue weighted by Gasteiger charge is 2.26. The first kappa shape index (κ1) is 12.1. The molecule has 2 aromatic rings. The highest BCUT2D eigenvalue weighted by atomic mass is 35.5. The lowest BCUT2D eigenvalue weighted by atomic mass is 9.96. The maximum Gasteiger partial charge on any atom is 0.129 e. The molecule has 0 aromatic heterocycles. The number of fused-ring (bicyclic) bond motifs is 1. The quantitative estimate of drug-likeness (QED) is 0.629. The Hall–Kier alpha value is -2.00. The minimum absolute atomic E-state index is 0.155. The number of benzene rings is 2. The molecule has 1 N–H and O–H groups in total. The number of nitrogens with zero attached hydrogens (tertiary/aromatic N) is 1.